The number of hydrogen-bond acceptors (Lipinski definition) is 8. The first-order valence-electron chi connectivity index (χ1n) is 8.51. The first-order chi connectivity index (χ1) is 13.6. The molecule has 0 unspecified atom stereocenters. The molecule has 3 rings (SSSR count). The number of ether oxygens (including phenoxy) is 2. The Hall–Kier alpha value is -3.88. The van der Waals surface area contributed by atoms with Crippen LogP contribution in [0.2, 0.25) is 0 Å². The third-order valence-electron chi connectivity index (χ3n) is 3.79. The molecule has 0 aliphatic heterocycles. The maximum absolute atomic E-state index is 11.7. The molecule has 0 saturated carbocycles. The first kappa shape index (κ1) is 18.9. The normalized spacial score (nSPS) is 10.2. The number of aromatic nitrogens is 2. The number of rotatable bonds is 8. The summed E-state index contributed by atoms with van der Waals surface area (Å²) < 4.78 is 10.7. The number of nitrogens with zero attached hydrogens (tertiary/aromatic N) is 3. The van der Waals surface area contributed by atoms with Gasteiger partial charge in [0.1, 0.15) is 17.8 Å². The molecule has 2 N–H and O–H groups in total. The van der Waals surface area contributed by atoms with Crippen LogP contribution in [0.15, 0.2) is 54.9 Å². The predicted octanol–water partition coefficient (Wildman–Crippen LogP) is 4.28. The van der Waals surface area contributed by atoms with Crippen LogP contribution in [0.3, 0.4) is 0 Å². The van der Waals surface area contributed by atoms with Crippen molar-refractivity contribution in [3.8, 4) is 11.5 Å². The maximum atomic E-state index is 11.7. The molecule has 9 nitrogen and oxygen atoms in total. The second-order valence-corrected chi connectivity index (χ2v) is 5.58. The van der Waals surface area contributed by atoms with Crippen LogP contribution in [-0.2, 0) is 0 Å². The van der Waals surface area contributed by atoms with Gasteiger partial charge >= 0.3 is 5.69 Å². The molecule has 1 heterocycles. The van der Waals surface area contributed by atoms with Gasteiger partial charge in [-0.2, -0.15) is 0 Å². The summed E-state index contributed by atoms with van der Waals surface area (Å²) in [5.41, 5.74) is 0.912. The molecule has 0 saturated heterocycles. The molecule has 0 aliphatic rings. The van der Waals surface area contributed by atoms with Crippen molar-refractivity contribution in [2.24, 2.45) is 0 Å². The third-order valence-corrected chi connectivity index (χ3v) is 3.79. The molecule has 0 bridgehead atoms. The molecule has 0 atom stereocenters. The van der Waals surface area contributed by atoms with Gasteiger partial charge in [-0.1, -0.05) is 12.1 Å². The average Bonchev–Trinajstić information content (AvgIpc) is 2.70. The Morgan fingerprint density at radius 3 is 2.36 bits per heavy atom. The van der Waals surface area contributed by atoms with E-state index in [2.05, 4.69) is 20.6 Å². The Bertz CT molecular complexity index is 963. The lowest BCUT2D eigenvalue weighted by Crippen LogP contribution is -2.06. The van der Waals surface area contributed by atoms with Gasteiger partial charge in [0, 0.05) is 5.69 Å². The number of nitro groups is 1. The van der Waals surface area contributed by atoms with Crippen molar-refractivity contribution in [2.75, 3.05) is 24.4 Å². The largest absolute Gasteiger partial charge is 0.495 e. The summed E-state index contributed by atoms with van der Waals surface area (Å²) in [5, 5.41) is 17.6. The third kappa shape index (κ3) is 4.26. The molecule has 0 amide bonds. The van der Waals surface area contributed by atoms with Crippen molar-refractivity contribution in [3.63, 3.8) is 0 Å². The van der Waals surface area contributed by atoms with E-state index in [1.54, 1.807) is 48.5 Å². The summed E-state index contributed by atoms with van der Waals surface area (Å²) in [6.07, 6.45) is 1.25. The van der Waals surface area contributed by atoms with Crippen LogP contribution < -0.4 is 20.1 Å². The highest BCUT2D eigenvalue weighted by Gasteiger charge is 2.24. The van der Waals surface area contributed by atoms with E-state index in [1.807, 2.05) is 6.92 Å². The van der Waals surface area contributed by atoms with Gasteiger partial charge in [0.25, 0.3) is 0 Å². The van der Waals surface area contributed by atoms with Crippen LogP contribution in [0.1, 0.15) is 6.92 Å². The van der Waals surface area contributed by atoms with E-state index < -0.39 is 4.92 Å². The lowest BCUT2D eigenvalue weighted by Gasteiger charge is -2.12. The zero-order chi connectivity index (χ0) is 19.9. The summed E-state index contributed by atoms with van der Waals surface area (Å²) >= 11 is 0. The Kier molecular flexibility index (Phi) is 5.85. The first-order valence-corrected chi connectivity index (χ1v) is 8.51. The predicted molar refractivity (Wildman–Crippen MR) is 106 cm³/mol. The van der Waals surface area contributed by atoms with Crippen LogP contribution in [0.5, 0.6) is 11.5 Å². The molecule has 9 heteroatoms. The van der Waals surface area contributed by atoms with Gasteiger partial charge in [0.2, 0.25) is 11.6 Å². The summed E-state index contributed by atoms with van der Waals surface area (Å²) in [7, 11) is 1.52. The average molecular weight is 381 g/mol. The Balaban J connectivity index is 1.92. The van der Waals surface area contributed by atoms with Crippen LogP contribution in [-0.4, -0.2) is 28.6 Å². The molecule has 0 radical (unpaired) electrons. The van der Waals surface area contributed by atoms with E-state index in [9.17, 15) is 10.1 Å². The highest BCUT2D eigenvalue weighted by Crippen LogP contribution is 2.35. The van der Waals surface area contributed by atoms with Crippen LogP contribution in [0.25, 0.3) is 0 Å². The molecule has 0 spiro atoms. The molecular weight excluding hydrogens is 362 g/mol. The number of hydrogen-bond donors (Lipinski definition) is 2. The minimum absolute atomic E-state index is 0.0536. The van der Waals surface area contributed by atoms with E-state index in [4.69, 9.17) is 9.47 Å². The van der Waals surface area contributed by atoms with Crippen LogP contribution in [0.4, 0.5) is 28.7 Å². The zero-order valence-electron chi connectivity index (χ0n) is 15.4. The van der Waals surface area contributed by atoms with Crippen molar-refractivity contribution in [1.29, 1.82) is 0 Å². The van der Waals surface area contributed by atoms with Gasteiger partial charge in [-0.3, -0.25) is 10.1 Å². The second kappa shape index (κ2) is 8.67. The molecule has 0 aliphatic carbocycles. The topological polar surface area (TPSA) is 111 Å². The highest BCUT2D eigenvalue weighted by atomic mass is 16.6. The monoisotopic (exact) mass is 381 g/mol. The molecule has 1 aromatic heterocycles. The zero-order valence-corrected chi connectivity index (χ0v) is 15.4. The fraction of sp³-hybridized carbons (Fsp3) is 0.158. The van der Waals surface area contributed by atoms with Crippen molar-refractivity contribution in [1.82, 2.24) is 9.97 Å². The fourth-order valence-corrected chi connectivity index (χ4v) is 2.55. The lowest BCUT2D eigenvalue weighted by atomic mass is 10.2. The summed E-state index contributed by atoms with van der Waals surface area (Å²) in [6.45, 7) is 2.45. The minimum atomic E-state index is -0.533. The smallest absolute Gasteiger partial charge is 0.353 e. The molecule has 0 fully saturated rings. The van der Waals surface area contributed by atoms with E-state index in [1.165, 1.54) is 13.4 Å². The molecule has 2 aromatic carbocycles. The molecule has 3 aromatic rings. The number of nitrogens with one attached hydrogen (secondary N) is 2. The van der Waals surface area contributed by atoms with E-state index in [0.717, 1.165) is 0 Å². The number of anilines is 4. The molecular formula is C19H19N5O4. The van der Waals surface area contributed by atoms with Gasteiger partial charge in [-0.15, -0.1) is 0 Å². The van der Waals surface area contributed by atoms with Crippen LogP contribution >= 0.6 is 0 Å². The van der Waals surface area contributed by atoms with Crippen molar-refractivity contribution in [3.05, 3.63) is 65.0 Å². The highest BCUT2D eigenvalue weighted by molar-refractivity contribution is 5.78. The van der Waals surface area contributed by atoms with E-state index in [0.29, 0.717) is 29.5 Å². The Labute approximate surface area is 161 Å². The SMILES string of the molecule is CCOc1ccc(Nc2ncnc(Nc3ccccc3OC)c2[N+](=O)[O-])cc1. The summed E-state index contributed by atoms with van der Waals surface area (Å²) in [6, 6.07) is 14.1. The quantitative estimate of drug-likeness (QED) is 0.439. The van der Waals surface area contributed by atoms with Gasteiger partial charge in [-0.05, 0) is 43.3 Å². The Morgan fingerprint density at radius 2 is 1.71 bits per heavy atom. The van der Waals surface area contributed by atoms with E-state index >= 15 is 0 Å². The number of methoxy groups -OCH3 is 1. The van der Waals surface area contributed by atoms with Gasteiger partial charge in [0.15, 0.2) is 0 Å². The number of benzene rings is 2. The van der Waals surface area contributed by atoms with Gasteiger partial charge in [-0.25, -0.2) is 9.97 Å². The molecule has 144 valence electrons. The van der Waals surface area contributed by atoms with Crippen LogP contribution in [0, 0.1) is 10.1 Å². The van der Waals surface area contributed by atoms with Crippen molar-refractivity contribution in [2.45, 2.75) is 6.92 Å². The lowest BCUT2D eigenvalue weighted by molar-refractivity contribution is -0.383. The Morgan fingerprint density at radius 1 is 1.04 bits per heavy atom. The number of para-hydroxylation sites is 2. The standard InChI is InChI=1S/C19H19N5O4/c1-3-28-14-10-8-13(9-11-14)22-18-17(24(25)26)19(21-12-20-18)23-15-6-4-5-7-16(15)27-2/h4-12H,3H2,1-2H3,(H2,20,21,22,23). The van der Waals surface area contributed by atoms with Crippen molar-refractivity contribution >= 4 is 28.7 Å². The minimum Gasteiger partial charge on any atom is -0.495 e. The van der Waals surface area contributed by atoms with Gasteiger partial charge in [0.05, 0.1) is 24.3 Å². The maximum Gasteiger partial charge on any atom is 0.353 e. The summed E-state index contributed by atoms with van der Waals surface area (Å²) in [4.78, 5) is 19.2. The van der Waals surface area contributed by atoms with Crippen molar-refractivity contribution < 1.29 is 14.4 Å². The second-order valence-electron chi connectivity index (χ2n) is 5.58. The fourth-order valence-electron chi connectivity index (χ4n) is 2.55. The molecule has 28 heavy (non-hydrogen) atoms. The van der Waals surface area contributed by atoms with Gasteiger partial charge < -0.3 is 20.1 Å². The van der Waals surface area contributed by atoms with E-state index in [-0.39, 0.29) is 17.3 Å². The summed E-state index contributed by atoms with van der Waals surface area (Å²) in [5.74, 6) is 1.37.